The Labute approximate surface area is 187 Å². The Morgan fingerprint density at radius 3 is 2.34 bits per heavy atom. The van der Waals surface area contributed by atoms with Crippen molar-refractivity contribution in [1.82, 2.24) is 19.9 Å². The molecule has 5 rings (SSSR count). The van der Waals surface area contributed by atoms with E-state index in [0.29, 0.717) is 31.0 Å². The molecular weight excluding hydrogens is 404 g/mol. The Bertz CT molecular complexity index is 1100. The van der Waals surface area contributed by atoms with Gasteiger partial charge in [0.1, 0.15) is 5.52 Å². The van der Waals surface area contributed by atoms with Crippen LogP contribution in [0.5, 0.6) is 0 Å². The van der Waals surface area contributed by atoms with Crippen LogP contribution in [-0.4, -0.2) is 77.5 Å². The number of hydrogen-bond acceptors (Lipinski definition) is 5. The third-order valence-electron chi connectivity index (χ3n) is 6.49. The largest absolute Gasteiger partial charge is 0.355 e. The number of amides is 2. The number of fused-ring (bicyclic) bond motifs is 1. The number of carbonyl (C=O) groups is 2. The first-order valence-corrected chi connectivity index (χ1v) is 11.4. The average molecular weight is 433 g/mol. The van der Waals surface area contributed by atoms with E-state index in [0.717, 1.165) is 55.5 Å². The third kappa shape index (κ3) is 4.25. The van der Waals surface area contributed by atoms with Crippen LogP contribution in [0.25, 0.3) is 22.2 Å². The number of hydrogen-bond donors (Lipinski definition) is 0. The van der Waals surface area contributed by atoms with Gasteiger partial charge in [-0.1, -0.05) is 35.5 Å². The fraction of sp³-hybridized carbons (Fsp3) is 0.400. The Morgan fingerprint density at radius 2 is 1.59 bits per heavy atom. The van der Waals surface area contributed by atoms with Crippen LogP contribution in [0.3, 0.4) is 0 Å². The van der Waals surface area contributed by atoms with E-state index in [4.69, 9.17) is 4.52 Å². The maximum absolute atomic E-state index is 13.2. The fourth-order valence-electron chi connectivity index (χ4n) is 4.60. The summed E-state index contributed by atoms with van der Waals surface area (Å²) in [4.78, 5) is 31.7. The number of rotatable bonds is 4. The maximum atomic E-state index is 13.2. The van der Waals surface area contributed by atoms with Gasteiger partial charge >= 0.3 is 0 Å². The topological polar surface area (TPSA) is 69.9 Å². The van der Waals surface area contributed by atoms with Crippen LogP contribution < -0.4 is 0 Å². The highest BCUT2D eigenvalue weighted by atomic mass is 16.5. The van der Waals surface area contributed by atoms with Gasteiger partial charge in [-0.15, -0.1) is 0 Å². The third-order valence-corrected chi connectivity index (χ3v) is 6.49. The number of aromatic nitrogens is 1. The molecule has 2 aromatic carbocycles. The molecule has 0 bridgehead atoms. The molecule has 3 aromatic rings. The summed E-state index contributed by atoms with van der Waals surface area (Å²) in [6.45, 7) is 4.90. The lowest BCUT2D eigenvalue weighted by molar-refractivity contribution is -0.133. The molecule has 2 amide bonds. The van der Waals surface area contributed by atoms with Gasteiger partial charge in [-0.2, -0.15) is 0 Å². The smallest absolute Gasteiger partial charge is 0.253 e. The van der Waals surface area contributed by atoms with Crippen molar-refractivity contribution < 1.29 is 14.1 Å². The van der Waals surface area contributed by atoms with Crippen LogP contribution in [-0.2, 0) is 4.79 Å². The van der Waals surface area contributed by atoms with Crippen LogP contribution >= 0.6 is 0 Å². The average Bonchev–Trinajstić information content (AvgIpc) is 3.28. The quantitative estimate of drug-likeness (QED) is 0.633. The first-order chi connectivity index (χ1) is 15.7. The van der Waals surface area contributed by atoms with Gasteiger partial charge in [0.2, 0.25) is 5.91 Å². The molecule has 0 spiro atoms. The SMILES string of the molecule is O=C(CN1CCN(C(=O)c2ccc3noc(-c4ccccc4)c3c2)CC1)N1CCCCC1. The minimum absolute atomic E-state index is 0.00844. The molecule has 2 aliphatic rings. The predicted molar refractivity (Wildman–Crippen MR) is 122 cm³/mol. The molecule has 1 aromatic heterocycles. The number of piperazine rings is 1. The second-order valence-electron chi connectivity index (χ2n) is 8.62. The van der Waals surface area contributed by atoms with Crippen molar-refractivity contribution in [2.45, 2.75) is 19.3 Å². The van der Waals surface area contributed by atoms with E-state index >= 15 is 0 Å². The van der Waals surface area contributed by atoms with Crippen LogP contribution in [0, 0.1) is 0 Å². The first-order valence-electron chi connectivity index (χ1n) is 11.4. The fourth-order valence-corrected chi connectivity index (χ4v) is 4.60. The summed E-state index contributed by atoms with van der Waals surface area (Å²) in [5.74, 6) is 0.904. The van der Waals surface area contributed by atoms with E-state index in [1.807, 2.05) is 58.3 Å². The van der Waals surface area contributed by atoms with E-state index < -0.39 is 0 Å². The standard InChI is InChI=1S/C25H28N4O3/c30-23(28-11-5-2-6-12-28)18-27-13-15-29(16-14-27)25(31)20-9-10-22-21(17-20)24(32-26-22)19-7-3-1-4-8-19/h1,3-4,7-10,17H,2,5-6,11-16,18H2. The lowest BCUT2D eigenvalue weighted by Gasteiger charge is -2.36. The summed E-state index contributed by atoms with van der Waals surface area (Å²) < 4.78 is 5.56. The minimum Gasteiger partial charge on any atom is -0.355 e. The molecular formula is C25H28N4O3. The van der Waals surface area contributed by atoms with Gasteiger partial charge in [0.05, 0.1) is 11.9 Å². The van der Waals surface area contributed by atoms with E-state index in [1.165, 1.54) is 6.42 Å². The number of benzene rings is 2. The van der Waals surface area contributed by atoms with Crippen LogP contribution in [0.2, 0.25) is 0 Å². The van der Waals surface area contributed by atoms with Gasteiger partial charge in [-0.25, -0.2) is 0 Å². The van der Waals surface area contributed by atoms with Crippen molar-refractivity contribution in [2.24, 2.45) is 0 Å². The van der Waals surface area contributed by atoms with Crippen molar-refractivity contribution in [2.75, 3.05) is 45.8 Å². The highest BCUT2D eigenvalue weighted by Crippen LogP contribution is 2.29. The molecule has 32 heavy (non-hydrogen) atoms. The molecule has 166 valence electrons. The Morgan fingerprint density at radius 1 is 0.844 bits per heavy atom. The molecule has 0 aliphatic carbocycles. The van der Waals surface area contributed by atoms with Crippen LogP contribution in [0.15, 0.2) is 53.1 Å². The molecule has 0 radical (unpaired) electrons. The molecule has 2 aliphatic heterocycles. The molecule has 2 fully saturated rings. The van der Waals surface area contributed by atoms with Crippen LogP contribution in [0.1, 0.15) is 29.6 Å². The van der Waals surface area contributed by atoms with Gasteiger partial charge in [0.15, 0.2) is 5.76 Å². The summed E-state index contributed by atoms with van der Waals surface area (Å²) in [5.41, 5.74) is 2.31. The molecule has 0 unspecified atom stereocenters. The minimum atomic E-state index is 0.00844. The number of likely N-dealkylation sites (tertiary alicyclic amines) is 1. The van der Waals surface area contributed by atoms with Crippen LogP contribution in [0.4, 0.5) is 0 Å². The summed E-state index contributed by atoms with van der Waals surface area (Å²) in [7, 11) is 0. The summed E-state index contributed by atoms with van der Waals surface area (Å²) in [6, 6.07) is 15.3. The molecule has 7 nitrogen and oxygen atoms in total. The molecule has 0 saturated carbocycles. The molecule has 0 N–H and O–H groups in total. The Kier molecular flexibility index (Phi) is 5.90. The number of piperidine rings is 1. The van der Waals surface area contributed by atoms with Crippen molar-refractivity contribution in [3.05, 3.63) is 54.1 Å². The zero-order valence-electron chi connectivity index (χ0n) is 18.2. The van der Waals surface area contributed by atoms with Gasteiger partial charge in [0, 0.05) is 50.4 Å². The van der Waals surface area contributed by atoms with Gasteiger partial charge < -0.3 is 14.3 Å². The molecule has 3 heterocycles. The molecule has 2 saturated heterocycles. The second kappa shape index (κ2) is 9.12. The summed E-state index contributed by atoms with van der Waals surface area (Å²) >= 11 is 0. The van der Waals surface area contributed by atoms with Gasteiger partial charge in [-0.3, -0.25) is 14.5 Å². The summed E-state index contributed by atoms with van der Waals surface area (Å²) in [6.07, 6.45) is 3.44. The number of nitrogens with zero attached hydrogens (tertiary/aromatic N) is 4. The van der Waals surface area contributed by atoms with E-state index in [-0.39, 0.29) is 11.8 Å². The normalized spacial score (nSPS) is 17.6. The first kappa shape index (κ1) is 20.7. The maximum Gasteiger partial charge on any atom is 0.253 e. The Balaban J connectivity index is 1.24. The van der Waals surface area contributed by atoms with E-state index in [9.17, 15) is 9.59 Å². The lowest BCUT2D eigenvalue weighted by atomic mass is 10.1. The highest BCUT2D eigenvalue weighted by Gasteiger charge is 2.26. The highest BCUT2D eigenvalue weighted by molar-refractivity contribution is 6.01. The monoisotopic (exact) mass is 432 g/mol. The number of carbonyl (C=O) groups excluding carboxylic acids is 2. The van der Waals surface area contributed by atoms with Crippen molar-refractivity contribution >= 4 is 22.7 Å². The lowest BCUT2D eigenvalue weighted by Crippen LogP contribution is -2.52. The van der Waals surface area contributed by atoms with Crippen molar-refractivity contribution in [3.8, 4) is 11.3 Å². The van der Waals surface area contributed by atoms with E-state index in [1.54, 1.807) is 0 Å². The second-order valence-corrected chi connectivity index (χ2v) is 8.62. The zero-order chi connectivity index (χ0) is 21.9. The summed E-state index contributed by atoms with van der Waals surface area (Å²) in [5, 5.41) is 4.98. The van der Waals surface area contributed by atoms with Crippen molar-refractivity contribution in [3.63, 3.8) is 0 Å². The van der Waals surface area contributed by atoms with Gasteiger partial charge in [0.25, 0.3) is 5.91 Å². The Hall–Kier alpha value is -3.19. The zero-order valence-corrected chi connectivity index (χ0v) is 18.2. The molecule has 7 heteroatoms. The molecule has 0 atom stereocenters. The van der Waals surface area contributed by atoms with Crippen molar-refractivity contribution in [1.29, 1.82) is 0 Å². The van der Waals surface area contributed by atoms with E-state index in [2.05, 4.69) is 10.1 Å². The van der Waals surface area contributed by atoms with Gasteiger partial charge in [-0.05, 0) is 37.5 Å². The predicted octanol–water partition coefficient (Wildman–Crippen LogP) is 3.27.